The first-order chi connectivity index (χ1) is 13.0. The summed E-state index contributed by atoms with van der Waals surface area (Å²) in [4.78, 5) is 2.45. The minimum Gasteiger partial charge on any atom is -0.508 e. The normalized spacial score (nSPS) is 15.9. The summed E-state index contributed by atoms with van der Waals surface area (Å²) in [5, 5.41) is 14.2. The van der Waals surface area contributed by atoms with E-state index in [9.17, 15) is 5.11 Å². The highest BCUT2D eigenvalue weighted by Crippen LogP contribution is 2.34. The van der Waals surface area contributed by atoms with E-state index in [1.807, 2.05) is 37.3 Å². The first-order valence-electron chi connectivity index (χ1n) is 9.62. The summed E-state index contributed by atoms with van der Waals surface area (Å²) in [5.74, 6) is 1.44. The molecule has 154 valence electrons. The third-order valence-corrected chi connectivity index (χ3v) is 5.41. The molecule has 1 heterocycles. The van der Waals surface area contributed by atoms with Gasteiger partial charge in [0.25, 0.3) is 0 Å². The molecular weight excluding hydrogens is 395 g/mol. The Kier molecular flexibility index (Phi) is 8.44. The van der Waals surface area contributed by atoms with E-state index < -0.39 is 0 Å². The Bertz CT molecular complexity index is 777. The van der Waals surface area contributed by atoms with E-state index in [-0.39, 0.29) is 24.4 Å². The van der Waals surface area contributed by atoms with Gasteiger partial charge in [-0.05, 0) is 48.2 Å². The van der Waals surface area contributed by atoms with Crippen molar-refractivity contribution in [3.05, 3.63) is 58.1 Å². The second-order valence-electron chi connectivity index (χ2n) is 7.50. The number of nitrogens with zero attached hydrogens (tertiary/aromatic N) is 1. The first kappa shape index (κ1) is 22.8. The van der Waals surface area contributed by atoms with Gasteiger partial charge in [0.15, 0.2) is 0 Å². The largest absolute Gasteiger partial charge is 0.508 e. The van der Waals surface area contributed by atoms with Gasteiger partial charge in [-0.25, -0.2) is 0 Å². The SMILES string of the molecule is Cc1cc(OCC(c2cccc(Cl)c2)N2CCNCC2)c(C(C)C)cc1O.Cl. The van der Waals surface area contributed by atoms with Gasteiger partial charge in [0.05, 0.1) is 6.04 Å². The Morgan fingerprint density at radius 2 is 1.89 bits per heavy atom. The summed E-state index contributed by atoms with van der Waals surface area (Å²) in [6, 6.07) is 12.0. The summed E-state index contributed by atoms with van der Waals surface area (Å²) in [6.45, 7) is 10.6. The maximum atomic E-state index is 10.1. The second-order valence-corrected chi connectivity index (χ2v) is 7.94. The second kappa shape index (κ2) is 10.4. The van der Waals surface area contributed by atoms with Crippen LogP contribution in [0.4, 0.5) is 0 Å². The van der Waals surface area contributed by atoms with Gasteiger partial charge >= 0.3 is 0 Å². The third kappa shape index (κ3) is 5.54. The summed E-state index contributed by atoms with van der Waals surface area (Å²) in [5.41, 5.74) is 3.03. The van der Waals surface area contributed by atoms with Gasteiger partial charge in [0, 0.05) is 36.8 Å². The van der Waals surface area contributed by atoms with E-state index in [1.165, 1.54) is 5.56 Å². The highest BCUT2D eigenvalue weighted by Gasteiger charge is 2.24. The minimum atomic E-state index is 0. The van der Waals surface area contributed by atoms with Crippen molar-refractivity contribution in [3.63, 3.8) is 0 Å². The standard InChI is InChI=1S/C22H29ClN2O2.ClH/c1-15(2)19-13-21(26)16(3)11-22(19)27-14-20(25-9-7-24-8-10-25)17-5-4-6-18(23)12-17;/h4-6,11-13,15,20,24,26H,7-10,14H2,1-3H3;1H. The van der Waals surface area contributed by atoms with Crippen LogP contribution in [-0.4, -0.2) is 42.8 Å². The molecule has 1 atom stereocenters. The Morgan fingerprint density at radius 3 is 2.54 bits per heavy atom. The number of rotatable bonds is 6. The van der Waals surface area contributed by atoms with E-state index in [2.05, 4.69) is 30.1 Å². The zero-order valence-corrected chi connectivity index (χ0v) is 18.3. The highest BCUT2D eigenvalue weighted by atomic mass is 35.5. The molecular formula is C22H30Cl2N2O2. The molecule has 1 unspecified atom stereocenters. The molecule has 3 rings (SSSR count). The molecule has 2 N–H and O–H groups in total. The van der Waals surface area contributed by atoms with Gasteiger partial charge in [0.1, 0.15) is 18.1 Å². The van der Waals surface area contributed by atoms with E-state index in [4.69, 9.17) is 16.3 Å². The van der Waals surface area contributed by atoms with E-state index in [0.717, 1.165) is 48.1 Å². The number of phenols is 1. The predicted octanol–water partition coefficient (Wildman–Crippen LogP) is 4.92. The molecule has 0 saturated carbocycles. The van der Waals surface area contributed by atoms with Gasteiger partial charge in [-0.15, -0.1) is 12.4 Å². The Hall–Kier alpha value is -1.46. The lowest BCUT2D eigenvalue weighted by molar-refractivity contribution is 0.120. The van der Waals surface area contributed by atoms with Crippen LogP contribution in [0, 0.1) is 6.92 Å². The Balaban J connectivity index is 0.00000280. The topological polar surface area (TPSA) is 44.7 Å². The quantitative estimate of drug-likeness (QED) is 0.689. The molecule has 0 spiro atoms. The maximum absolute atomic E-state index is 10.1. The third-order valence-electron chi connectivity index (χ3n) is 5.17. The summed E-state index contributed by atoms with van der Waals surface area (Å²) < 4.78 is 6.33. The van der Waals surface area contributed by atoms with Crippen LogP contribution in [-0.2, 0) is 0 Å². The van der Waals surface area contributed by atoms with Crippen molar-refractivity contribution in [2.75, 3.05) is 32.8 Å². The Morgan fingerprint density at radius 1 is 1.18 bits per heavy atom. The number of nitrogens with one attached hydrogen (secondary N) is 1. The van der Waals surface area contributed by atoms with Gasteiger partial charge in [-0.3, -0.25) is 4.90 Å². The van der Waals surface area contributed by atoms with Gasteiger partial charge in [-0.1, -0.05) is 37.6 Å². The number of phenolic OH excluding ortho intramolecular Hbond substituents is 1. The average molecular weight is 425 g/mol. The van der Waals surface area contributed by atoms with Crippen LogP contribution in [0.25, 0.3) is 0 Å². The number of hydrogen-bond acceptors (Lipinski definition) is 4. The number of aryl methyl sites for hydroxylation is 1. The average Bonchev–Trinajstić information content (AvgIpc) is 2.65. The van der Waals surface area contributed by atoms with Crippen LogP contribution in [0.15, 0.2) is 36.4 Å². The molecule has 6 heteroatoms. The molecule has 2 aromatic rings. The highest BCUT2D eigenvalue weighted by molar-refractivity contribution is 6.30. The fourth-order valence-electron chi connectivity index (χ4n) is 3.55. The zero-order valence-electron chi connectivity index (χ0n) is 16.7. The molecule has 0 amide bonds. The van der Waals surface area contributed by atoms with Gasteiger partial charge < -0.3 is 15.2 Å². The fourth-order valence-corrected chi connectivity index (χ4v) is 3.75. The van der Waals surface area contributed by atoms with Crippen LogP contribution in [0.2, 0.25) is 5.02 Å². The molecule has 2 aromatic carbocycles. The van der Waals surface area contributed by atoms with Crippen molar-refractivity contribution in [1.82, 2.24) is 10.2 Å². The molecule has 4 nitrogen and oxygen atoms in total. The van der Waals surface area contributed by atoms with Gasteiger partial charge in [-0.2, -0.15) is 0 Å². The maximum Gasteiger partial charge on any atom is 0.123 e. The predicted molar refractivity (Wildman–Crippen MR) is 118 cm³/mol. The lowest BCUT2D eigenvalue weighted by Gasteiger charge is -2.35. The molecule has 0 aromatic heterocycles. The monoisotopic (exact) mass is 424 g/mol. The molecule has 1 saturated heterocycles. The van der Waals surface area contributed by atoms with Crippen LogP contribution in [0.5, 0.6) is 11.5 Å². The molecule has 0 radical (unpaired) electrons. The minimum absolute atomic E-state index is 0. The Labute approximate surface area is 179 Å². The van der Waals surface area contributed by atoms with E-state index in [0.29, 0.717) is 12.4 Å². The number of ether oxygens (including phenoxy) is 1. The van der Waals surface area contributed by atoms with Crippen molar-refractivity contribution in [1.29, 1.82) is 0 Å². The number of halogens is 2. The molecule has 0 aliphatic carbocycles. The van der Waals surface area contributed by atoms with Crippen molar-refractivity contribution >= 4 is 24.0 Å². The number of hydrogen-bond donors (Lipinski definition) is 2. The van der Waals surface area contributed by atoms with Crippen molar-refractivity contribution in [2.45, 2.75) is 32.7 Å². The van der Waals surface area contributed by atoms with Crippen molar-refractivity contribution < 1.29 is 9.84 Å². The molecule has 28 heavy (non-hydrogen) atoms. The van der Waals surface area contributed by atoms with Crippen LogP contribution in [0.3, 0.4) is 0 Å². The lowest BCUT2D eigenvalue weighted by Crippen LogP contribution is -2.46. The number of aromatic hydroxyl groups is 1. The summed E-state index contributed by atoms with van der Waals surface area (Å²) >= 11 is 6.25. The molecule has 0 bridgehead atoms. The van der Waals surface area contributed by atoms with Crippen LogP contribution in [0.1, 0.15) is 42.5 Å². The van der Waals surface area contributed by atoms with E-state index in [1.54, 1.807) is 0 Å². The first-order valence-corrected chi connectivity index (χ1v) is 10.00. The van der Waals surface area contributed by atoms with Crippen molar-refractivity contribution in [2.24, 2.45) is 0 Å². The molecule has 1 fully saturated rings. The fraction of sp³-hybridized carbons (Fsp3) is 0.455. The number of piperazine rings is 1. The lowest BCUT2D eigenvalue weighted by atomic mass is 9.99. The smallest absolute Gasteiger partial charge is 0.123 e. The summed E-state index contributed by atoms with van der Waals surface area (Å²) in [6.07, 6.45) is 0. The van der Waals surface area contributed by atoms with Gasteiger partial charge in [0.2, 0.25) is 0 Å². The molecule has 1 aliphatic heterocycles. The van der Waals surface area contributed by atoms with E-state index >= 15 is 0 Å². The summed E-state index contributed by atoms with van der Waals surface area (Å²) in [7, 11) is 0. The van der Waals surface area contributed by atoms with Crippen LogP contribution < -0.4 is 10.1 Å². The molecule has 1 aliphatic rings. The zero-order chi connectivity index (χ0) is 19.4. The number of benzene rings is 2. The van der Waals surface area contributed by atoms with Crippen molar-refractivity contribution in [3.8, 4) is 11.5 Å². The van der Waals surface area contributed by atoms with Crippen LogP contribution >= 0.6 is 24.0 Å².